The lowest BCUT2D eigenvalue weighted by Crippen LogP contribution is -2.11. The monoisotopic (exact) mass is 245 g/mol. The molecule has 1 aliphatic rings. The lowest BCUT2D eigenvalue weighted by atomic mass is 10.2. The minimum Gasteiger partial charge on any atom is -0.504 e. The molecule has 0 saturated heterocycles. The largest absolute Gasteiger partial charge is 0.504 e. The van der Waals surface area contributed by atoms with Crippen LogP contribution in [0.25, 0.3) is 11.4 Å². The second kappa shape index (κ2) is 4.33. The molecule has 0 aliphatic carbocycles. The van der Waals surface area contributed by atoms with Crippen molar-refractivity contribution in [2.75, 3.05) is 7.11 Å². The van der Waals surface area contributed by atoms with Gasteiger partial charge in [-0.05, 0) is 31.0 Å². The van der Waals surface area contributed by atoms with Gasteiger partial charge in [0.15, 0.2) is 17.3 Å². The highest BCUT2D eigenvalue weighted by molar-refractivity contribution is 5.60. The Bertz CT molecular complexity index is 554. The second-order valence-electron chi connectivity index (χ2n) is 4.42. The van der Waals surface area contributed by atoms with Gasteiger partial charge in [-0.2, -0.15) is 5.10 Å². The van der Waals surface area contributed by atoms with Gasteiger partial charge in [-0.15, -0.1) is 0 Å². The SMILES string of the molecule is COc1cc(-c2nc3n(n2)CCCC3)ccc1O. The van der Waals surface area contributed by atoms with Gasteiger partial charge in [-0.1, -0.05) is 0 Å². The fraction of sp³-hybridized carbons (Fsp3) is 0.385. The van der Waals surface area contributed by atoms with E-state index < -0.39 is 0 Å². The third kappa shape index (κ3) is 1.81. The molecule has 0 radical (unpaired) electrons. The van der Waals surface area contributed by atoms with Crippen LogP contribution in [0, 0.1) is 0 Å². The summed E-state index contributed by atoms with van der Waals surface area (Å²) in [7, 11) is 1.53. The van der Waals surface area contributed by atoms with Gasteiger partial charge >= 0.3 is 0 Å². The van der Waals surface area contributed by atoms with Gasteiger partial charge in [0.05, 0.1) is 7.11 Å². The molecule has 0 unspecified atom stereocenters. The molecule has 1 aromatic heterocycles. The molecule has 3 rings (SSSR count). The predicted molar refractivity (Wildman–Crippen MR) is 66.6 cm³/mol. The minimum absolute atomic E-state index is 0.130. The molecular weight excluding hydrogens is 230 g/mol. The van der Waals surface area contributed by atoms with Gasteiger partial charge in [-0.3, -0.25) is 0 Å². The number of ether oxygens (including phenoxy) is 1. The van der Waals surface area contributed by atoms with E-state index in [1.807, 2.05) is 4.68 Å². The van der Waals surface area contributed by atoms with Crippen molar-refractivity contribution in [3.8, 4) is 22.9 Å². The number of phenolic OH excluding ortho intramolecular Hbond substituents is 1. The van der Waals surface area contributed by atoms with Crippen molar-refractivity contribution >= 4 is 0 Å². The first-order chi connectivity index (χ1) is 8.78. The van der Waals surface area contributed by atoms with Crippen molar-refractivity contribution in [3.05, 3.63) is 24.0 Å². The van der Waals surface area contributed by atoms with Crippen LogP contribution in [0.15, 0.2) is 18.2 Å². The van der Waals surface area contributed by atoms with E-state index in [0.29, 0.717) is 11.6 Å². The molecule has 18 heavy (non-hydrogen) atoms. The van der Waals surface area contributed by atoms with Gasteiger partial charge in [0.2, 0.25) is 0 Å². The highest BCUT2D eigenvalue weighted by Gasteiger charge is 2.15. The van der Waals surface area contributed by atoms with Gasteiger partial charge < -0.3 is 9.84 Å². The number of fused-ring (bicyclic) bond motifs is 1. The summed E-state index contributed by atoms with van der Waals surface area (Å²) in [6, 6.07) is 5.17. The number of nitrogens with zero attached hydrogens (tertiary/aromatic N) is 3. The highest BCUT2D eigenvalue weighted by atomic mass is 16.5. The Balaban J connectivity index is 2.01. The van der Waals surface area contributed by atoms with Crippen molar-refractivity contribution in [2.45, 2.75) is 25.8 Å². The number of benzene rings is 1. The summed E-state index contributed by atoms with van der Waals surface area (Å²) in [4.78, 5) is 4.54. The second-order valence-corrected chi connectivity index (χ2v) is 4.42. The Morgan fingerprint density at radius 1 is 1.33 bits per heavy atom. The smallest absolute Gasteiger partial charge is 0.181 e. The minimum atomic E-state index is 0.130. The number of phenols is 1. The Hall–Kier alpha value is -2.04. The third-order valence-electron chi connectivity index (χ3n) is 3.21. The van der Waals surface area contributed by atoms with Crippen molar-refractivity contribution in [3.63, 3.8) is 0 Å². The van der Waals surface area contributed by atoms with Crippen molar-refractivity contribution < 1.29 is 9.84 Å². The van der Waals surface area contributed by atoms with Gasteiger partial charge in [0.25, 0.3) is 0 Å². The quantitative estimate of drug-likeness (QED) is 0.879. The molecule has 0 fully saturated rings. The molecule has 0 amide bonds. The first kappa shape index (κ1) is 11.1. The number of aryl methyl sites for hydroxylation is 2. The Labute approximate surface area is 105 Å². The lowest BCUT2D eigenvalue weighted by Gasteiger charge is -2.09. The first-order valence-corrected chi connectivity index (χ1v) is 6.09. The van der Waals surface area contributed by atoms with Crippen LogP contribution in [-0.4, -0.2) is 27.0 Å². The summed E-state index contributed by atoms with van der Waals surface area (Å²) in [6.45, 7) is 0.942. The number of rotatable bonds is 2. The summed E-state index contributed by atoms with van der Waals surface area (Å²) in [5.41, 5.74) is 0.867. The summed E-state index contributed by atoms with van der Waals surface area (Å²) in [5, 5.41) is 14.1. The van der Waals surface area contributed by atoms with Crippen LogP contribution in [0.5, 0.6) is 11.5 Å². The molecule has 5 nitrogen and oxygen atoms in total. The van der Waals surface area contributed by atoms with Crippen LogP contribution in [0.1, 0.15) is 18.7 Å². The topological polar surface area (TPSA) is 60.2 Å². The van der Waals surface area contributed by atoms with Crippen molar-refractivity contribution in [2.24, 2.45) is 0 Å². The summed E-state index contributed by atoms with van der Waals surface area (Å²) in [6.07, 6.45) is 3.33. The molecule has 0 atom stereocenters. The van der Waals surface area contributed by atoms with Gasteiger partial charge in [0.1, 0.15) is 5.82 Å². The molecule has 94 valence electrons. The number of aromatic hydroxyl groups is 1. The zero-order chi connectivity index (χ0) is 12.5. The van der Waals surface area contributed by atoms with Gasteiger partial charge in [0, 0.05) is 18.5 Å². The molecule has 2 heterocycles. The maximum Gasteiger partial charge on any atom is 0.181 e. The lowest BCUT2D eigenvalue weighted by molar-refractivity contribution is 0.373. The first-order valence-electron chi connectivity index (χ1n) is 6.09. The normalized spacial score (nSPS) is 14.3. The Morgan fingerprint density at radius 3 is 3.00 bits per heavy atom. The van der Waals surface area contributed by atoms with E-state index in [0.717, 1.165) is 30.8 Å². The maximum atomic E-state index is 9.57. The summed E-state index contributed by atoms with van der Waals surface area (Å²) >= 11 is 0. The molecule has 0 saturated carbocycles. The van der Waals surface area contributed by atoms with Crippen LogP contribution >= 0.6 is 0 Å². The fourth-order valence-corrected chi connectivity index (χ4v) is 2.22. The average Bonchev–Trinajstić information content (AvgIpc) is 2.83. The van der Waals surface area contributed by atoms with Crippen LogP contribution in [0.3, 0.4) is 0 Å². The van der Waals surface area contributed by atoms with E-state index >= 15 is 0 Å². The van der Waals surface area contributed by atoms with E-state index in [9.17, 15) is 5.11 Å². The maximum absolute atomic E-state index is 9.57. The van der Waals surface area contributed by atoms with E-state index in [2.05, 4.69) is 10.1 Å². The average molecular weight is 245 g/mol. The zero-order valence-corrected chi connectivity index (χ0v) is 10.3. The van der Waals surface area contributed by atoms with Crippen LogP contribution in [0.4, 0.5) is 0 Å². The Kier molecular flexibility index (Phi) is 2.66. The summed E-state index contributed by atoms with van der Waals surface area (Å²) in [5.74, 6) is 2.32. The summed E-state index contributed by atoms with van der Waals surface area (Å²) < 4.78 is 7.07. The van der Waals surface area contributed by atoms with Crippen LogP contribution < -0.4 is 4.74 Å². The molecular formula is C13H15N3O2. The molecule has 2 aromatic rings. The van der Waals surface area contributed by atoms with Crippen molar-refractivity contribution in [1.29, 1.82) is 0 Å². The molecule has 1 N–H and O–H groups in total. The van der Waals surface area contributed by atoms with Gasteiger partial charge in [-0.25, -0.2) is 9.67 Å². The van der Waals surface area contributed by atoms with Crippen molar-refractivity contribution in [1.82, 2.24) is 14.8 Å². The number of aromatic nitrogens is 3. The van der Waals surface area contributed by atoms with E-state index in [4.69, 9.17) is 4.74 Å². The van der Waals surface area contributed by atoms with Crippen LogP contribution in [-0.2, 0) is 13.0 Å². The third-order valence-corrected chi connectivity index (χ3v) is 3.21. The number of hydrogen-bond acceptors (Lipinski definition) is 4. The van der Waals surface area contributed by atoms with E-state index in [-0.39, 0.29) is 5.75 Å². The zero-order valence-electron chi connectivity index (χ0n) is 10.3. The van der Waals surface area contributed by atoms with Crippen LogP contribution in [0.2, 0.25) is 0 Å². The standard InChI is InChI=1S/C13H15N3O2/c1-18-11-8-9(5-6-10(11)17)13-14-12-4-2-3-7-16(12)15-13/h5-6,8,17H,2-4,7H2,1H3. The number of methoxy groups -OCH3 is 1. The van der Waals surface area contributed by atoms with E-state index in [1.165, 1.54) is 13.5 Å². The molecule has 0 bridgehead atoms. The molecule has 0 spiro atoms. The predicted octanol–water partition coefficient (Wildman–Crippen LogP) is 2.00. The fourth-order valence-electron chi connectivity index (χ4n) is 2.22. The Morgan fingerprint density at radius 2 is 2.22 bits per heavy atom. The molecule has 1 aliphatic heterocycles. The highest BCUT2D eigenvalue weighted by Crippen LogP contribution is 2.30. The van der Waals surface area contributed by atoms with E-state index in [1.54, 1.807) is 18.2 Å². The molecule has 1 aromatic carbocycles. The molecule has 5 heteroatoms. The number of hydrogen-bond donors (Lipinski definition) is 1.